The molecule has 1 aromatic carbocycles. The van der Waals surface area contributed by atoms with Crippen LogP contribution in [0.1, 0.15) is 57.5 Å². The Bertz CT molecular complexity index is 1480. The number of nitrogens with two attached hydrogens (primary N) is 1. The molecule has 1 aromatic heterocycles. The molecule has 0 saturated carbocycles. The van der Waals surface area contributed by atoms with Crippen LogP contribution in [0.5, 0.6) is 0 Å². The van der Waals surface area contributed by atoms with Gasteiger partial charge in [0.1, 0.15) is 18.6 Å². The van der Waals surface area contributed by atoms with Crippen molar-refractivity contribution in [2.45, 2.75) is 64.0 Å². The molecule has 11 heteroatoms. The second kappa shape index (κ2) is 12.7. The maximum atomic E-state index is 13.4. The quantitative estimate of drug-likeness (QED) is 0.202. The van der Waals surface area contributed by atoms with Crippen LogP contribution in [0, 0.1) is 17.8 Å². The van der Waals surface area contributed by atoms with Gasteiger partial charge in [-0.05, 0) is 54.6 Å². The van der Waals surface area contributed by atoms with Crippen LogP contribution in [0.2, 0.25) is 25.7 Å². The van der Waals surface area contributed by atoms with Gasteiger partial charge in [-0.15, -0.1) is 0 Å². The molecule has 2 saturated heterocycles. The number of likely N-dealkylation sites (tertiary alicyclic amines) is 1. The van der Waals surface area contributed by atoms with E-state index < -0.39 is 20.0 Å². The van der Waals surface area contributed by atoms with E-state index in [1.165, 1.54) is 11.1 Å². The summed E-state index contributed by atoms with van der Waals surface area (Å²) in [5.41, 5.74) is 7.88. The predicted octanol–water partition coefficient (Wildman–Crippen LogP) is 3.23. The van der Waals surface area contributed by atoms with Gasteiger partial charge < -0.3 is 20.3 Å². The number of carbonyl (C=O) groups excluding carboxylic acids is 4. The van der Waals surface area contributed by atoms with Gasteiger partial charge in [-0.3, -0.25) is 24.1 Å². The maximum Gasteiger partial charge on any atom is 0.255 e. The number of primary amides is 1. The molecule has 3 aliphatic heterocycles. The van der Waals surface area contributed by atoms with E-state index in [1.54, 1.807) is 17.0 Å². The van der Waals surface area contributed by atoms with Crippen LogP contribution >= 0.6 is 0 Å². The van der Waals surface area contributed by atoms with Crippen molar-refractivity contribution in [3.8, 4) is 11.8 Å². The molecule has 2 atom stereocenters. The number of benzene rings is 1. The van der Waals surface area contributed by atoms with E-state index in [0.717, 1.165) is 42.5 Å². The topological polar surface area (TPSA) is 126 Å². The number of fused-ring (bicyclic) bond motifs is 1. The number of amides is 4. The predicted molar refractivity (Wildman–Crippen MR) is 165 cm³/mol. The summed E-state index contributed by atoms with van der Waals surface area (Å²) < 4.78 is 5.71. The molecular formula is C32H39N5O5Si. The van der Waals surface area contributed by atoms with E-state index in [1.807, 2.05) is 18.2 Å². The number of imide groups is 1. The van der Waals surface area contributed by atoms with Crippen molar-refractivity contribution in [2.75, 3.05) is 31.3 Å². The van der Waals surface area contributed by atoms with Crippen LogP contribution in [0.3, 0.4) is 0 Å². The molecule has 10 nitrogen and oxygen atoms in total. The van der Waals surface area contributed by atoms with Crippen LogP contribution in [-0.4, -0.2) is 79.0 Å². The molecule has 5 rings (SSSR count). The number of ether oxygens (including phenoxy) is 1. The molecule has 1 unspecified atom stereocenters. The van der Waals surface area contributed by atoms with Crippen LogP contribution < -0.4 is 10.6 Å². The normalized spacial score (nSPS) is 20.3. The number of pyridine rings is 1. The van der Waals surface area contributed by atoms with Crippen molar-refractivity contribution in [3.63, 3.8) is 0 Å². The van der Waals surface area contributed by atoms with Crippen molar-refractivity contribution in [1.82, 2.24) is 14.8 Å². The monoisotopic (exact) mass is 601 g/mol. The minimum absolute atomic E-state index is 0.0717. The summed E-state index contributed by atoms with van der Waals surface area (Å²) in [6, 6.07) is 9.28. The first kappa shape index (κ1) is 30.4. The Morgan fingerprint density at radius 1 is 1.14 bits per heavy atom. The first-order valence-corrected chi connectivity index (χ1v) is 18.6. The molecule has 4 heterocycles. The number of hydrogen-bond donors (Lipinski definition) is 1. The smallest absolute Gasteiger partial charge is 0.255 e. The minimum atomic E-state index is -1.30. The summed E-state index contributed by atoms with van der Waals surface area (Å²) in [6.45, 7) is 9.14. The van der Waals surface area contributed by atoms with E-state index in [0.29, 0.717) is 36.5 Å². The summed E-state index contributed by atoms with van der Waals surface area (Å²) >= 11 is 0. The molecule has 0 aliphatic carbocycles. The lowest BCUT2D eigenvalue weighted by Crippen LogP contribution is -2.55. The summed E-state index contributed by atoms with van der Waals surface area (Å²) in [5.74, 6) is 6.46. The summed E-state index contributed by atoms with van der Waals surface area (Å²) in [4.78, 5) is 60.0. The molecule has 226 valence electrons. The molecule has 3 aliphatic rings. The van der Waals surface area contributed by atoms with Gasteiger partial charge in [0.05, 0.1) is 5.56 Å². The molecule has 43 heavy (non-hydrogen) atoms. The Morgan fingerprint density at radius 3 is 2.67 bits per heavy atom. The zero-order chi connectivity index (χ0) is 30.7. The van der Waals surface area contributed by atoms with E-state index >= 15 is 0 Å². The summed E-state index contributed by atoms with van der Waals surface area (Å²) in [6.07, 6.45) is 3.69. The summed E-state index contributed by atoms with van der Waals surface area (Å²) in [7, 11) is -1.30. The Morgan fingerprint density at radius 2 is 1.95 bits per heavy atom. The van der Waals surface area contributed by atoms with Gasteiger partial charge in [0.2, 0.25) is 11.8 Å². The average Bonchev–Trinajstić information content (AvgIpc) is 3.57. The highest BCUT2D eigenvalue weighted by Crippen LogP contribution is 2.31. The van der Waals surface area contributed by atoms with Gasteiger partial charge in [0, 0.05) is 64.5 Å². The lowest BCUT2D eigenvalue weighted by molar-refractivity contribution is -0.158. The third kappa shape index (κ3) is 6.97. The van der Waals surface area contributed by atoms with Crippen molar-refractivity contribution in [2.24, 2.45) is 11.7 Å². The van der Waals surface area contributed by atoms with Crippen LogP contribution in [0.15, 0.2) is 36.5 Å². The first-order valence-electron chi connectivity index (χ1n) is 14.9. The van der Waals surface area contributed by atoms with E-state index in [2.05, 4.69) is 41.4 Å². The van der Waals surface area contributed by atoms with Gasteiger partial charge in [-0.25, -0.2) is 4.98 Å². The Hall–Kier alpha value is -4.01. The molecule has 0 spiro atoms. The average molecular weight is 602 g/mol. The number of carbonyl (C=O) groups is 4. The van der Waals surface area contributed by atoms with Gasteiger partial charge in [0.25, 0.3) is 11.8 Å². The van der Waals surface area contributed by atoms with Crippen molar-refractivity contribution >= 4 is 37.5 Å². The second-order valence-corrected chi connectivity index (χ2v) is 18.3. The highest BCUT2D eigenvalue weighted by molar-refractivity contribution is 6.76. The van der Waals surface area contributed by atoms with Crippen molar-refractivity contribution in [3.05, 3.63) is 58.8 Å². The van der Waals surface area contributed by atoms with Crippen LogP contribution in [-0.2, 0) is 20.9 Å². The molecule has 2 fully saturated rings. The number of rotatable bonds is 9. The number of piperidine rings is 1. The Kier molecular flexibility index (Phi) is 8.99. The fourth-order valence-corrected chi connectivity index (χ4v) is 6.48. The Labute approximate surface area is 253 Å². The Balaban J connectivity index is 1.20. The molecule has 2 N–H and O–H groups in total. The molecule has 2 aromatic rings. The molecule has 0 radical (unpaired) electrons. The minimum Gasteiger partial charge on any atom is -0.366 e. The highest BCUT2D eigenvalue weighted by atomic mass is 28.3. The zero-order valence-corrected chi connectivity index (χ0v) is 26.1. The molecule has 0 bridgehead atoms. The van der Waals surface area contributed by atoms with Crippen molar-refractivity contribution < 1.29 is 23.9 Å². The standard InChI is InChI=1S/C32H39N5O5Si/c1-43(2,3)17-16-42-21-37-29(38)13-11-27(32(37)41)36-20-26-23(8-5-9-25(26)31(36)40)7-4-6-22-14-15-35(19-22)28-12-10-24(18-34-28)30(33)39/h5,8-10,12,18,22,27H,6,11,13-17,19-21H2,1-3H3,(H2,33,39)/t22-,27?/m0/s1. The highest BCUT2D eigenvalue weighted by Gasteiger charge is 2.43. The van der Waals surface area contributed by atoms with Crippen LogP contribution in [0.25, 0.3) is 0 Å². The van der Waals surface area contributed by atoms with Gasteiger partial charge >= 0.3 is 0 Å². The van der Waals surface area contributed by atoms with E-state index in [9.17, 15) is 19.2 Å². The fraction of sp³-hybridized carbons (Fsp3) is 0.469. The lowest BCUT2D eigenvalue weighted by atomic mass is 10.0. The van der Waals surface area contributed by atoms with Gasteiger partial charge in [-0.1, -0.05) is 37.5 Å². The number of nitrogens with zero attached hydrogens (tertiary/aromatic N) is 4. The largest absolute Gasteiger partial charge is 0.366 e. The first-order chi connectivity index (χ1) is 20.5. The molecular weight excluding hydrogens is 562 g/mol. The van der Waals surface area contributed by atoms with E-state index in [-0.39, 0.29) is 37.4 Å². The maximum absolute atomic E-state index is 13.4. The number of aromatic nitrogens is 1. The lowest BCUT2D eigenvalue weighted by Gasteiger charge is -2.35. The zero-order valence-electron chi connectivity index (χ0n) is 25.1. The summed E-state index contributed by atoms with van der Waals surface area (Å²) in [5, 5.41) is 0. The van der Waals surface area contributed by atoms with Crippen LogP contribution in [0.4, 0.5) is 5.82 Å². The SMILES string of the molecule is C[Si](C)(C)CCOCN1C(=O)CCC(N2Cc3c(C#CC[C@H]4CCN(c5ccc(C(N)=O)cn5)C4)cccc3C2=O)C1=O. The molecule has 4 amide bonds. The van der Waals surface area contributed by atoms with E-state index in [4.69, 9.17) is 10.5 Å². The number of anilines is 1. The third-order valence-corrected chi connectivity index (χ3v) is 10.0. The van der Waals surface area contributed by atoms with Gasteiger partial charge in [-0.2, -0.15) is 0 Å². The van der Waals surface area contributed by atoms with Crippen molar-refractivity contribution in [1.29, 1.82) is 0 Å². The second-order valence-electron chi connectivity index (χ2n) is 12.7. The van der Waals surface area contributed by atoms with Gasteiger partial charge in [0.15, 0.2) is 0 Å². The number of hydrogen-bond acceptors (Lipinski definition) is 7. The fourth-order valence-electron chi connectivity index (χ4n) is 5.72. The third-order valence-electron chi connectivity index (χ3n) is 8.33.